The van der Waals surface area contributed by atoms with Crippen molar-refractivity contribution in [2.24, 2.45) is 5.92 Å². The first-order valence-corrected chi connectivity index (χ1v) is 6.34. The van der Waals surface area contributed by atoms with E-state index in [0.717, 1.165) is 0 Å². The molecule has 0 radical (unpaired) electrons. The summed E-state index contributed by atoms with van der Waals surface area (Å²) in [6.07, 6.45) is 4.48. The number of H-pyrrole nitrogens is 1. The second-order valence-electron chi connectivity index (χ2n) is 4.23. The lowest BCUT2D eigenvalue weighted by Gasteiger charge is -2.16. The normalized spacial score (nSPS) is 13.6. The molecular formula is C12H20N4O3. The summed E-state index contributed by atoms with van der Waals surface area (Å²) in [5, 5.41) is 14.2. The highest BCUT2D eigenvalue weighted by molar-refractivity contribution is 5.76. The van der Waals surface area contributed by atoms with Crippen molar-refractivity contribution < 1.29 is 14.7 Å². The molecule has 4 N–H and O–H groups in total. The van der Waals surface area contributed by atoms with Crippen LogP contribution in [0.4, 0.5) is 4.79 Å². The lowest BCUT2D eigenvalue weighted by Crippen LogP contribution is -2.41. The van der Waals surface area contributed by atoms with Crippen molar-refractivity contribution in [2.45, 2.75) is 32.7 Å². The Morgan fingerprint density at radius 1 is 1.42 bits per heavy atom. The number of aromatic amines is 1. The smallest absolute Gasteiger partial charge is 0.315 e. The molecule has 1 aromatic heterocycles. The van der Waals surface area contributed by atoms with Gasteiger partial charge in [0.2, 0.25) is 0 Å². The largest absolute Gasteiger partial charge is 0.481 e. The van der Waals surface area contributed by atoms with E-state index in [-0.39, 0.29) is 18.6 Å². The Balaban J connectivity index is 2.44. The number of rotatable bonds is 7. The van der Waals surface area contributed by atoms with Gasteiger partial charge in [0.25, 0.3) is 0 Å². The van der Waals surface area contributed by atoms with Crippen LogP contribution in [0.25, 0.3) is 0 Å². The van der Waals surface area contributed by atoms with Gasteiger partial charge in [0.15, 0.2) is 0 Å². The predicted molar refractivity (Wildman–Crippen MR) is 69.6 cm³/mol. The number of carbonyl (C=O) groups excluding carboxylic acids is 1. The third-order valence-electron chi connectivity index (χ3n) is 2.91. The Kier molecular flexibility index (Phi) is 5.84. The first kappa shape index (κ1) is 15.0. The summed E-state index contributed by atoms with van der Waals surface area (Å²) < 4.78 is 0. The summed E-state index contributed by atoms with van der Waals surface area (Å²) in [5.74, 6) is -0.779. The number of aromatic nitrogens is 2. The van der Waals surface area contributed by atoms with Gasteiger partial charge in [-0.1, -0.05) is 13.8 Å². The maximum atomic E-state index is 11.7. The van der Waals surface area contributed by atoms with E-state index in [9.17, 15) is 9.59 Å². The van der Waals surface area contributed by atoms with Crippen LogP contribution in [0.1, 0.15) is 38.6 Å². The topological polar surface area (TPSA) is 107 Å². The molecule has 7 nitrogen and oxygen atoms in total. The first-order valence-electron chi connectivity index (χ1n) is 6.34. The Labute approximate surface area is 111 Å². The van der Waals surface area contributed by atoms with Crippen molar-refractivity contribution >= 4 is 12.0 Å². The van der Waals surface area contributed by atoms with Gasteiger partial charge in [-0.15, -0.1) is 0 Å². The number of hydrogen-bond acceptors (Lipinski definition) is 3. The molecule has 1 heterocycles. The number of carboxylic acid groups (broad SMARTS) is 1. The van der Waals surface area contributed by atoms with Crippen molar-refractivity contribution in [1.29, 1.82) is 0 Å². The summed E-state index contributed by atoms with van der Waals surface area (Å²) in [6, 6.07) is -0.595. The zero-order valence-electron chi connectivity index (χ0n) is 11.1. The van der Waals surface area contributed by atoms with Crippen molar-refractivity contribution in [3.05, 3.63) is 18.2 Å². The van der Waals surface area contributed by atoms with Crippen LogP contribution >= 0.6 is 0 Å². The van der Waals surface area contributed by atoms with Gasteiger partial charge in [0, 0.05) is 18.9 Å². The van der Waals surface area contributed by atoms with Gasteiger partial charge in [0.1, 0.15) is 5.82 Å². The molecule has 0 bridgehead atoms. The van der Waals surface area contributed by atoms with Gasteiger partial charge in [-0.3, -0.25) is 4.79 Å². The minimum absolute atomic E-state index is 0.117. The summed E-state index contributed by atoms with van der Waals surface area (Å²) in [7, 11) is 0. The van der Waals surface area contributed by atoms with Gasteiger partial charge in [-0.2, -0.15) is 0 Å². The molecule has 0 aliphatic rings. The fourth-order valence-electron chi connectivity index (χ4n) is 1.66. The van der Waals surface area contributed by atoms with Crippen LogP contribution in [0.3, 0.4) is 0 Å². The number of urea groups is 1. The lowest BCUT2D eigenvalue weighted by molar-refractivity contribution is -0.141. The predicted octanol–water partition coefficient (Wildman–Crippen LogP) is 1.27. The standard InChI is InChI=1S/C12H20N4O3/c1-3-8(11(17)18)7-15-12(19)16-9(4-2)10-13-5-6-14-10/h5-6,8-9H,3-4,7H2,1-2H3,(H,13,14)(H,17,18)(H2,15,16,19). The molecule has 0 saturated heterocycles. The van der Waals surface area contributed by atoms with Crippen LogP contribution in [0.2, 0.25) is 0 Å². The van der Waals surface area contributed by atoms with E-state index in [2.05, 4.69) is 20.6 Å². The summed E-state index contributed by atoms with van der Waals surface area (Å²) in [5.41, 5.74) is 0. The van der Waals surface area contributed by atoms with Crippen molar-refractivity contribution in [3.63, 3.8) is 0 Å². The van der Waals surface area contributed by atoms with Gasteiger partial charge < -0.3 is 20.7 Å². The zero-order valence-corrected chi connectivity index (χ0v) is 11.1. The van der Waals surface area contributed by atoms with E-state index in [4.69, 9.17) is 5.11 Å². The molecule has 1 rings (SSSR count). The highest BCUT2D eigenvalue weighted by atomic mass is 16.4. The highest BCUT2D eigenvalue weighted by Gasteiger charge is 2.18. The quantitative estimate of drug-likeness (QED) is 0.597. The van der Waals surface area contributed by atoms with Crippen LogP contribution in [0.5, 0.6) is 0 Å². The minimum atomic E-state index is -0.902. The number of hydrogen-bond donors (Lipinski definition) is 4. The third-order valence-corrected chi connectivity index (χ3v) is 2.91. The fraction of sp³-hybridized carbons (Fsp3) is 0.583. The zero-order chi connectivity index (χ0) is 14.3. The van der Waals surface area contributed by atoms with Crippen LogP contribution in [0, 0.1) is 5.92 Å². The molecule has 19 heavy (non-hydrogen) atoms. The van der Waals surface area contributed by atoms with Gasteiger partial charge in [-0.25, -0.2) is 9.78 Å². The average Bonchev–Trinajstić information content (AvgIpc) is 2.90. The van der Waals surface area contributed by atoms with E-state index >= 15 is 0 Å². The van der Waals surface area contributed by atoms with Crippen LogP contribution < -0.4 is 10.6 Å². The Morgan fingerprint density at radius 2 is 2.16 bits per heavy atom. The molecular weight excluding hydrogens is 248 g/mol. The fourth-order valence-corrected chi connectivity index (χ4v) is 1.66. The Morgan fingerprint density at radius 3 is 2.63 bits per heavy atom. The van der Waals surface area contributed by atoms with Gasteiger partial charge in [0.05, 0.1) is 12.0 Å². The molecule has 0 aromatic carbocycles. The molecule has 0 fully saturated rings. The number of imidazole rings is 1. The van der Waals surface area contributed by atoms with E-state index in [1.54, 1.807) is 19.3 Å². The monoisotopic (exact) mass is 268 g/mol. The summed E-state index contributed by atoms with van der Waals surface area (Å²) in [4.78, 5) is 29.5. The molecule has 2 amide bonds. The lowest BCUT2D eigenvalue weighted by atomic mass is 10.1. The van der Waals surface area contributed by atoms with Crippen molar-refractivity contribution in [3.8, 4) is 0 Å². The molecule has 2 atom stereocenters. The number of aliphatic carboxylic acids is 1. The SMILES string of the molecule is CCC(CNC(=O)NC(CC)c1ncc[nH]1)C(=O)O. The molecule has 1 aromatic rings. The maximum absolute atomic E-state index is 11.7. The van der Waals surface area contributed by atoms with Gasteiger partial charge >= 0.3 is 12.0 Å². The van der Waals surface area contributed by atoms with Gasteiger partial charge in [-0.05, 0) is 12.8 Å². The molecule has 0 saturated carbocycles. The van der Waals surface area contributed by atoms with Crippen LogP contribution in [-0.2, 0) is 4.79 Å². The Bertz CT molecular complexity index is 405. The van der Waals surface area contributed by atoms with Crippen molar-refractivity contribution in [1.82, 2.24) is 20.6 Å². The minimum Gasteiger partial charge on any atom is -0.481 e. The summed E-state index contributed by atoms with van der Waals surface area (Å²) >= 11 is 0. The number of carboxylic acids is 1. The molecule has 0 spiro atoms. The number of carbonyl (C=O) groups is 2. The van der Waals surface area contributed by atoms with Crippen LogP contribution in [0.15, 0.2) is 12.4 Å². The first-order chi connectivity index (χ1) is 9.08. The third kappa shape index (κ3) is 4.61. The Hall–Kier alpha value is -2.05. The number of nitrogens with one attached hydrogen (secondary N) is 3. The van der Waals surface area contributed by atoms with Crippen LogP contribution in [-0.4, -0.2) is 33.6 Å². The average molecular weight is 268 g/mol. The number of amides is 2. The second-order valence-corrected chi connectivity index (χ2v) is 4.23. The molecule has 0 aliphatic heterocycles. The molecule has 106 valence electrons. The summed E-state index contributed by atoms with van der Waals surface area (Å²) in [6.45, 7) is 3.82. The molecule has 7 heteroatoms. The van der Waals surface area contributed by atoms with E-state index in [1.165, 1.54) is 0 Å². The molecule has 2 unspecified atom stereocenters. The highest BCUT2D eigenvalue weighted by Crippen LogP contribution is 2.10. The number of nitrogens with zero attached hydrogens (tertiary/aromatic N) is 1. The second kappa shape index (κ2) is 7.40. The maximum Gasteiger partial charge on any atom is 0.315 e. The van der Waals surface area contributed by atoms with E-state index < -0.39 is 11.9 Å². The van der Waals surface area contributed by atoms with E-state index in [1.807, 2.05) is 6.92 Å². The van der Waals surface area contributed by atoms with Crippen molar-refractivity contribution in [2.75, 3.05) is 6.54 Å². The molecule has 0 aliphatic carbocycles. The van der Waals surface area contributed by atoms with E-state index in [0.29, 0.717) is 18.7 Å².